The van der Waals surface area contributed by atoms with Gasteiger partial charge in [0.2, 0.25) is 10.0 Å². The normalized spacial score (nSPS) is 28.1. The monoisotopic (exact) mass is 399 g/mol. The van der Waals surface area contributed by atoms with Crippen molar-refractivity contribution in [1.82, 2.24) is 4.72 Å². The summed E-state index contributed by atoms with van der Waals surface area (Å²) in [5, 5.41) is 0. The highest BCUT2D eigenvalue weighted by Gasteiger charge is 2.61. The van der Waals surface area contributed by atoms with Gasteiger partial charge in [-0.1, -0.05) is 55.5 Å². The van der Waals surface area contributed by atoms with E-state index in [1.54, 1.807) is 12.1 Å². The lowest BCUT2D eigenvalue weighted by Crippen LogP contribution is -2.49. The number of benzene rings is 2. The molecule has 2 atom stereocenters. The Kier molecular flexibility index (Phi) is 4.32. The van der Waals surface area contributed by atoms with E-state index >= 15 is 0 Å². The summed E-state index contributed by atoms with van der Waals surface area (Å²) in [6.45, 7) is 9.99. The molecule has 0 spiro atoms. The fourth-order valence-electron chi connectivity index (χ4n) is 4.16. The summed E-state index contributed by atoms with van der Waals surface area (Å²) in [5.41, 5.74) is -0.381. The molecule has 148 valence electrons. The molecule has 0 aromatic heterocycles. The second kappa shape index (κ2) is 6.16. The van der Waals surface area contributed by atoms with Crippen LogP contribution in [-0.4, -0.2) is 26.7 Å². The summed E-state index contributed by atoms with van der Waals surface area (Å²) in [4.78, 5) is 0.308. The molecule has 2 aromatic carbocycles. The topological polar surface area (TPSA) is 64.6 Å². The van der Waals surface area contributed by atoms with Crippen molar-refractivity contribution >= 4 is 17.1 Å². The first-order chi connectivity index (χ1) is 13.0. The minimum atomic E-state index is -3.65. The van der Waals surface area contributed by atoms with Gasteiger partial charge in [0.1, 0.15) is 0 Å². The van der Waals surface area contributed by atoms with Gasteiger partial charge in [0.15, 0.2) is 0 Å². The van der Waals surface area contributed by atoms with Gasteiger partial charge in [0.25, 0.3) is 0 Å². The van der Waals surface area contributed by atoms with Gasteiger partial charge in [-0.15, -0.1) is 0 Å². The third-order valence-electron chi connectivity index (χ3n) is 6.49. The third-order valence-corrected chi connectivity index (χ3v) is 8.01. The molecule has 28 heavy (non-hydrogen) atoms. The number of nitrogens with one attached hydrogen (secondary N) is 1. The Morgan fingerprint density at radius 1 is 0.893 bits per heavy atom. The van der Waals surface area contributed by atoms with Crippen LogP contribution in [0.3, 0.4) is 0 Å². The Hall–Kier alpha value is -1.67. The van der Waals surface area contributed by atoms with E-state index in [1.165, 1.54) is 0 Å². The average molecular weight is 399 g/mol. The molecule has 0 radical (unpaired) electrons. The fourth-order valence-corrected chi connectivity index (χ4v) is 5.89. The highest BCUT2D eigenvalue weighted by atomic mass is 32.2. The van der Waals surface area contributed by atoms with Crippen molar-refractivity contribution in [3.63, 3.8) is 0 Å². The van der Waals surface area contributed by atoms with Crippen LogP contribution >= 0.6 is 0 Å². The Morgan fingerprint density at radius 2 is 1.43 bits per heavy atom. The molecule has 2 heterocycles. The Labute approximate surface area is 167 Å². The van der Waals surface area contributed by atoms with E-state index in [2.05, 4.69) is 4.72 Å². The molecular formula is C21H26BNO4S. The molecule has 2 aliphatic rings. The predicted octanol–water partition coefficient (Wildman–Crippen LogP) is 3.70. The molecule has 0 aliphatic carbocycles. The lowest BCUT2D eigenvalue weighted by atomic mass is 9.58. The van der Waals surface area contributed by atoms with Crippen molar-refractivity contribution in [2.24, 2.45) is 0 Å². The first-order valence-corrected chi connectivity index (χ1v) is 11.0. The molecule has 0 bridgehead atoms. The van der Waals surface area contributed by atoms with Crippen LogP contribution in [-0.2, 0) is 24.9 Å². The number of rotatable bonds is 3. The van der Waals surface area contributed by atoms with E-state index in [4.69, 9.17) is 9.31 Å². The van der Waals surface area contributed by atoms with Crippen molar-refractivity contribution in [2.45, 2.75) is 62.1 Å². The summed E-state index contributed by atoms with van der Waals surface area (Å²) >= 11 is 0. The first kappa shape index (κ1) is 19.6. The molecule has 0 amide bonds. The first-order valence-electron chi connectivity index (χ1n) is 9.56. The van der Waals surface area contributed by atoms with Gasteiger partial charge >= 0.3 is 7.12 Å². The quantitative estimate of drug-likeness (QED) is 0.800. The molecule has 0 saturated carbocycles. The molecular weight excluding hydrogens is 373 g/mol. The Balaban J connectivity index is 1.91. The summed E-state index contributed by atoms with van der Waals surface area (Å²) in [6.07, 6.45) is 0. The van der Waals surface area contributed by atoms with E-state index in [9.17, 15) is 8.42 Å². The second-order valence-corrected chi connectivity index (χ2v) is 10.3. The van der Waals surface area contributed by atoms with Crippen molar-refractivity contribution < 1.29 is 17.7 Å². The van der Waals surface area contributed by atoms with Crippen molar-refractivity contribution in [3.8, 4) is 0 Å². The van der Waals surface area contributed by atoms with Crippen LogP contribution in [0.15, 0.2) is 59.5 Å². The molecule has 7 heteroatoms. The van der Waals surface area contributed by atoms with Gasteiger partial charge in [0.05, 0.1) is 21.6 Å². The minimum Gasteiger partial charge on any atom is -0.403 e. The third kappa shape index (κ3) is 2.68. The predicted molar refractivity (Wildman–Crippen MR) is 109 cm³/mol. The Bertz CT molecular complexity index is 990. The molecule has 1 fully saturated rings. The van der Waals surface area contributed by atoms with Crippen LogP contribution < -0.4 is 4.72 Å². The molecule has 1 saturated heterocycles. The average Bonchev–Trinajstić information content (AvgIpc) is 3.02. The summed E-state index contributed by atoms with van der Waals surface area (Å²) in [5.74, 6) is -0.311. The van der Waals surface area contributed by atoms with E-state index in [-0.39, 0.29) is 5.82 Å². The highest BCUT2D eigenvalue weighted by molar-refractivity contribution is 7.90. The van der Waals surface area contributed by atoms with Crippen LogP contribution in [0.25, 0.3) is 0 Å². The van der Waals surface area contributed by atoms with E-state index in [0.29, 0.717) is 4.90 Å². The highest BCUT2D eigenvalue weighted by Crippen LogP contribution is 2.52. The van der Waals surface area contributed by atoms with Gasteiger partial charge in [-0.25, -0.2) is 8.42 Å². The number of hydrogen-bond donors (Lipinski definition) is 1. The van der Waals surface area contributed by atoms with E-state index < -0.39 is 33.9 Å². The smallest absolute Gasteiger partial charge is 0.403 e. The lowest BCUT2D eigenvalue weighted by molar-refractivity contribution is 0.00578. The van der Waals surface area contributed by atoms with Gasteiger partial charge in [0, 0.05) is 5.82 Å². The maximum Gasteiger partial charge on any atom is 0.463 e. The van der Waals surface area contributed by atoms with Gasteiger partial charge in [-0.05, 0) is 44.9 Å². The summed E-state index contributed by atoms with van der Waals surface area (Å²) < 4.78 is 41.6. The van der Waals surface area contributed by atoms with Crippen LogP contribution in [0.1, 0.15) is 45.7 Å². The van der Waals surface area contributed by atoms with Crippen LogP contribution in [0.5, 0.6) is 0 Å². The molecule has 5 nitrogen and oxygen atoms in total. The number of fused-ring (bicyclic) bond motifs is 1. The molecule has 2 aliphatic heterocycles. The SMILES string of the molecule is C[C@@H](B1OC(C)(C)C(C)(C)O1)[C@]1(c2ccccc2)NS(=O)(=O)c2ccccc21. The molecule has 2 aromatic rings. The zero-order chi connectivity index (χ0) is 20.4. The zero-order valence-electron chi connectivity index (χ0n) is 16.9. The van der Waals surface area contributed by atoms with Gasteiger partial charge in [-0.3, -0.25) is 0 Å². The minimum absolute atomic E-state index is 0.308. The van der Waals surface area contributed by atoms with E-state index in [0.717, 1.165) is 11.1 Å². The number of sulfonamides is 1. The molecule has 0 unspecified atom stereocenters. The van der Waals surface area contributed by atoms with Gasteiger partial charge in [-0.2, -0.15) is 4.72 Å². The molecule has 4 rings (SSSR count). The summed E-state index contributed by atoms with van der Waals surface area (Å²) in [6, 6.07) is 16.8. The van der Waals surface area contributed by atoms with Crippen LogP contribution in [0.2, 0.25) is 5.82 Å². The van der Waals surface area contributed by atoms with Gasteiger partial charge < -0.3 is 9.31 Å². The van der Waals surface area contributed by atoms with Crippen LogP contribution in [0, 0.1) is 0 Å². The fraction of sp³-hybridized carbons (Fsp3) is 0.429. The van der Waals surface area contributed by atoms with Crippen molar-refractivity contribution in [3.05, 3.63) is 65.7 Å². The van der Waals surface area contributed by atoms with Crippen molar-refractivity contribution in [2.75, 3.05) is 0 Å². The number of hydrogen-bond acceptors (Lipinski definition) is 4. The summed E-state index contributed by atoms with van der Waals surface area (Å²) in [7, 11) is -4.22. The van der Waals surface area contributed by atoms with Crippen LogP contribution in [0.4, 0.5) is 0 Å². The zero-order valence-corrected chi connectivity index (χ0v) is 17.7. The largest absolute Gasteiger partial charge is 0.463 e. The second-order valence-electron chi connectivity index (χ2n) is 8.69. The van der Waals surface area contributed by atoms with Crippen molar-refractivity contribution in [1.29, 1.82) is 0 Å². The van der Waals surface area contributed by atoms with E-state index in [1.807, 2.05) is 77.1 Å². The maximum atomic E-state index is 13.0. The standard InChI is InChI=1S/C21H26BNO4S/c1-15(22-26-19(2,3)20(4,5)27-22)21(16-11-7-6-8-12-16)17-13-9-10-14-18(17)28(24,25)23-21/h6-15,23H,1-5H3/t15-,21-/m1/s1. The Morgan fingerprint density at radius 3 is 2.04 bits per heavy atom. The maximum absolute atomic E-state index is 13.0. The molecule has 1 N–H and O–H groups in total. The lowest BCUT2D eigenvalue weighted by Gasteiger charge is -2.37.